The first kappa shape index (κ1) is 14.2. The lowest BCUT2D eigenvalue weighted by molar-refractivity contribution is 0.491. The van der Waals surface area contributed by atoms with Crippen LogP contribution >= 0.6 is 0 Å². The van der Waals surface area contributed by atoms with Crippen LogP contribution in [0.3, 0.4) is 0 Å². The predicted molar refractivity (Wildman–Crippen MR) is 88.9 cm³/mol. The topological polar surface area (TPSA) is 34.0 Å². The molecule has 0 unspecified atom stereocenters. The molecule has 0 radical (unpaired) electrons. The van der Waals surface area contributed by atoms with Crippen LogP contribution in [-0.2, 0) is 7.05 Å². The second kappa shape index (κ2) is 6.33. The number of nitrogens with one attached hydrogen (secondary N) is 1. The van der Waals surface area contributed by atoms with Gasteiger partial charge < -0.3 is 9.88 Å². The van der Waals surface area contributed by atoms with E-state index in [1.807, 2.05) is 25.2 Å². The summed E-state index contributed by atoms with van der Waals surface area (Å²) in [6, 6.07) is 9.80. The Hall–Kier alpha value is -1.77. The zero-order valence-electron chi connectivity index (χ0n) is 12.8. The van der Waals surface area contributed by atoms with Gasteiger partial charge in [0, 0.05) is 30.7 Å². The number of hydrogen-bond acceptors (Lipinski definition) is 2. The van der Waals surface area contributed by atoms with Crippen LogP contribution in [0, 0.1) is 5.92 Å². The van der Waals surface area contributed by atoms with Gasteiger partial charge in [-0.05, 0) is 24.8 Å². The summed E-state index contributed by atoms with van der Waals surface area (Å²) in [5.74, 6) is 0.937. The van der Waals surface area contributed by atoms with Crippen molar-refractivity contribution in [2.75, 3.05) is 11.9 Å². The van der Waals surface area contributed by atoms with Crippen molar-refractivity contribution in [3.63, 3.8) is 0 Å². The molecule has 1 aliphatic carbocycles. The standard InChI is InChI=1S/C18H24N2O/c1-20-17-11-5-4-10-15(17)16(13-18(20)21)19-12-6-9-14-7-2-3-8-14/h4-5,10-11,13-14,19H,2-3,6-9,12H2,1H3. The summed E-state index contributed by atoms with van der Waals surface area (Å²) in [5, 5.41) is 4.59. The zero-order valence-corrected chi connectivity index (χ0v) is 12.8. The molecule has 1 aliphatic rings. The SMILES string of the molecule is Cn1c(=O)cc(NCCCC2CCCC2)c2ccccc21. The predicted octanol–water partition coefficient (Wildman–Crippen LogP) is 3.92. The van der Waals surface area contributed by atoms with E-state index in [1.54, 1.807) is 10.6 Å². The van der Waals surface area contributed by atoms with Crippen molar-refractivity contribution in [3.05, 3.63) is 40.7 Å². The van der Waals surface area contributed by atoms with Crippen molar-refractivity contribution in [2.24, 2.45) is 13.0 Å². The molecule has 2 aromatic rings. The quantitative estimate of drug-likeness (QED) is 0.844. The fourth-order valence-corrected chi connectivity index (χ4v) is 3.47. The number of hydrogen-bond donors (Lipinski definition) is 1. The normalized spacial score (nSPS) is 15.7. The average Bonchev–Trinajstić information content (AvgIpc) is 3.02. The van der Waals surface area contributed by atoms with Crippen LogP contribution in [-0.4, -0.2) is 11.1 Å². The third kappa shape index (κ3) is 3.12. The first-order valence-electron chi connectivity index (χ1n) is 8.08. The van der Waals surface area contributed by atoms with Gasteiger partial charge in [0.2, 0.25) is 0 Å². The molecule has 1 heterocycles. The van der Waals surface area contributed by atoms with Crippen molar-refractivity contribution >= 4 is 16.6 Å². The van der Waals surface area contributed by atoms with Crippen molar-refractivity contribution in [1.29, 1.82) is 0 Å². The number of fused-ring (bicyclic) bond motifs is 1. The molecule has 0 bridgehead atoms. The summed E-state index contributed by atoms with van der Waals surface area (Å²) >= 11 is 0. The maximum atomic E-state index is 12.0. The molecule has 1 aromatic heterocycles. The van der Waals surface area contributed by atoms with E-state index in [4.69, 9.17) is 0 Å². The van der Waals surface area contributed by atoms with Crippen LogP contribution in [0.5, 0.6) is 0 Å². The van der Waals surface area contributed by atoms with Gasteiger partial charge in [-0.2, -0.15) is 0 Å². The van der Waals surface area contributed by atoms with Gasteiger partial charge in [-0.1, -0.05) is 43.9 Å². The first-order valence-corrected chi connectivity index (χ1v) is 8.08. The fourth-order valence-electron chi connectivity index (χ4n) is 3.47. The minimum Gasteiger partial charge on any atom is -0.384 e. The number of nitrogens with zero attached hydrogens (tertiary/aromatic N) is 1. The van der Waals surface area contributed by atoms with Crippen molar-refractivity contribution in [2.45, 2.75) is 38.5 Å². The lowest BCUT2D eigenvalue weighted by Gasteiger charge is -2.13. The summed E-state index contributed by atoms with van der Waals surface area (Å²) in [7, 11) is 1.83. The van der Waals surface area contributed by atoms with Crippen LogP contribution in [0.25, 0.3) is 10.9 Å². The summed E-state index contributed by atoms with van der Waals surface area (Å²) in [5.41, 5.74) is 2.01. The van der Waals surface area contributed by atoms with E-state index in [1.165, 1.54) is 38.5 Å². The molecule has 1 saturated carbocycles. The van der Waals surface area contributed by atoms with Crippen LogP contribution < -0.4 is 10.9 Å². The molecule has 112 valence electrons. The number of aryl methyl sites for hydroxylation is 1. The molecule has 21 heavy (non-hydrogen) atoms. The van der Waals surface area contributed by atoms with Gasteiger partial charge in [-0.3, -0.25) is 4.79 Å². The maximum absolute atomic E-state index is 12.0. The van der Waals surface area contributed by atoms with Gasteiger partial charge in [0.1, 0.15) is 0 Å². The highest BCUT2D eigenvalue weighted by Crippen LogP contribution is 2.28. The van der Waals surface area contributed by atoms with Gasteiger partial charge in [-0.25, -0.2) is 0 Å². The smallest absolute Gasteiger partial charge is 0.252 e. The van der Waals surface area contributed by atoms with Gasteiger partial charge >= 0.3 is 0 Å². The van der Waals surface area contributed by atoms with E-state index in [2.05, 4.69) is 11.4 Å². The number of anilines is 1. The molecule has 3 rings (SSSR count). The van der Waals surface area contributed by atoms with Crippen molar-refractivity contribution in [3.8, 4) is 0 Å². The molecule has 0 amide bonds. The molecule has 1 fully saturated rings. The number of rotatable bonds is 5. The van der Waals surface area contributed by atoms with E-state index in [9.17, 15) is 4.79 Å². The van der Waals surface area contributed by atoms with Gasteiger partial charge in [-0.15, -0.1) is 0 Å². The van der Waals surface area contributed by atoms with Crippen LogP contribution in [0.15, 0.2) is 35.1 Å². The average molecular weight is 284 g/mol. The van der Waals surface area contributed by atoms with E-state index in [-0.39, 0.29) is 5.56 Å². The first-order chi connectivity index (χ1) is 10.3. The third-order valence-electron chi connectivity index (χ3n) is 4.73. The number of pyridine rings is 1. The lowest BCUT2D eigenvalue weighted by atomic mass is 10.0. The Morgan fingerprint density at radius 3 is 2.81 bits per heavy atom. The molecule has 0 saturated heterocycles. The number of aromatic nitrogens is 1. The minimum atomic E-state index is 0.0481. The third-order valence-corrected chi connectivity index (χ3v) is 4.73. The summed E-state index contributed by atoms with van der Waals surface area (Å²) < 4.78 is 1.71. The van der Waals surface area contributed by atoms with Gasteiger partial charge in [0.25, 0.3) is 5.56 Å². The molecule has 3 nitrogen and oxygen atoms in total. The van der Waals surface area contributed by atoms with Gasteiger partial charge in [0.05, 0.1) is 5.52 Å². The Morgan fingerprint density at radius 2 is 2.00 bits per heavy atom. The molecule has 0 atom stereocenters. The summed E-state index contributed by atoms with van der Waals surface area (Å²) in [4.78, 5) is 12.0. The van der Waals surface area contributed by atoms with E-state index >= 15 is 0 Å². The Bertz CT molecular complexity index is 668. The monoisotopic (exact) mass is 284 g/mol. The minimum absolute atomic E-state index is 0.0481. The molecule has 1 N–H and O–H groups in total. The summed E-state index contributed by atoms with van der Waals surface area (Å²) in [6.45, 7) is 0.952. The molecule has 0 spiro atoms. The second-order valence-corrected chi connectivity index (χ2v) is 6.19. The molecule has 3 heteroatoms. The maximum Gasteiger partial charge on any atom is 0.252 e. The Morgan fingerprint density at radius 1 is 1.24 bits per heavy atom. The zero-order chi connectivity index (χ0) is 14.7. The number of para-hydroxylation sites is 1. The van der Waals surface area contributed by atoms with Crippen LogP contribution in [0.2, 0.25) is 0 Å². The van der Waals surface area contributed by atoms with Crippen LogP contribution in [0.4, 0.5) is 5.69 Å². The highest BCUT2D eigenvalue weighted by molar-refractivity contribution is 5.91. The van der Waals surface area contributed by atoms with E-state index in [0.717, 1.165) is 29.1 Å². The van der Waals surface area contributed by atoms with E-state index in [0.29, 0.717) is 0 Å². The highest BCUT2D eigenvalue weighted by Gasteiger charge is 2.14. The largest absolute Gasteiger partial charge is 0.384 e. The highest BCUT2D eigenvalue weighted by atomic mass is 16.1. The Kier molecular flexibility index (Phi) is 4.28. The van der Waals surface area contributed by atoms with Crippen LogP contribution in [0.1, 0.15) is 38.5 Å². The Balaban J connectivity index is 1.69. The fraction of sp³-hybridized carbons (Fsp3) is 0.500. The molecular formula is C18H24N2O. The molecule has 0 aliphatic heterocycles. The Labute approximate surface area is 126 Å². The lowest BCUT2D eigenvalue weighted by Crippen LogP contribution is -2.17. The van der Waals surface area contributed by atoms with Crippen molar-refractivity contribution < 1.29 is 0 Å². The summed E-state index contributed by atoms with van der Waals surface area (Å²) in [6.07, 6.45) is 8.16. The molecular weight excluding hydrogens is 260 g/mol. The van der Waals surface area contributed by atoms with Gasteiger partial charge in [0.15, 0.2) is 0 Å². The van der Waals surface area contributed by atoms with E-state index < -0.39 is 0 Å². The van der Waals surface area contributed by atoms with Crippen molar-refractivity contribution in [1.82, 2.24) is 4.57 Å². The second-order valence-electron chi connectivity index (χ2n) is 6.19. The molecule has 1 aromatic carbocycles. The number of benzene rings is 1.